The third kappa shape index (κ3) is 1.86. The number of halogens is 1. The first-order valence-electron chi connectivity index (χ1n) is 5.70. The van der Waals surface area contributed by atoms with E-state index in [4.69, 9.17) is 10.8 Å². The van der Waals surface area contributed by atoms with Crippen molar-refractivity contribution in [2.45, 2.75) is 25.9 Å². The Morgan fingerprint density at radius 2 is 2.11 bits per heavy atom. The molecule has 0 aliphatic carbocycles. The number of nitrogens with two attached hydrogens (primary N) is 1. The minimum atomic E-state index is -1.22. The van der Waals surface area contributed by atoms with Gasteiger partial charge in [0.05, 0.1) is 5.52 Å². The Kier molecular flexibility index (Phi) is 3.09. The van der Waals surface area contributed by atoms with Crippen LogP contribution in [0.3, 0.4) is 0 Å². The summed E-state index contributed by atoms with van der Waals surface area (Å²) in [6.45, 7) is 3.89. The fraction of sp³-hybridized carbons (Fsp3) is 0.308. The van der Waals surface area contributed by atoms with Crippen molar-refractivity contribution >= 4 is 16.9 Å². The van der Waals surface area contributed by atoms with E-state index in [1.165, 1.54) is 6.07 Å². The maximum atomic E-state index is 13.9. The zero-order valence-electron chi connectivity index (χ0n) is 10.2. The Bertz CT molecular complexity index is 604. The molecule has 3 N–H and O–H groups in total. The van der Waals surface area contributed by atoms with Crippen LogP contribution in [0.15, 0.2) is 24.4 Å². The third-order valence-electron chi connectivity index (χ3n) is 2.99. The molecule has 0 fully saturated rings. The molecule has 0 amide bonds. The summed E-state index contributed by atoms with van der Waals surface area (Å²) in [7, 11) is 0. The maximum Gasteiger partial charge on any atom is 0.325 e. The molecular formula is C13H15FN2O2. The van der Waals surface area contributed by atoms with Crippen molar-refractivity contribution in [3.8, 4) is 0 Å². The Hall–Kier alpha value is -1.88. The van der Waals surface area contributed by atoms with Crippen molar-refractivity contribution in [2.24, 2.45) is 5.73 Å². The summed E-state index contributed by atoms with van der Waals surface area (Å²) in [5.74, 6) is -1.61. The van der Waals surface area contributed by atoms with Crippen LogP contribution in [0, 0.1) is 5.82 Å². The maximum absolute atomic E-state index is 13.9. The van der Waals surface area contributed by atoms with Gasteiger partial charge in [0.1, 0.15) is 11.9 Å². The van der Waals surface area contributed by atoms with E-state index in [0.717, 1.165) is 0 Å². The quantitative estimate of drug-likeness (QED) is 0.879. The number of fused-ring (bicyclic) bond motifs is 1. The minimum Gasteiger partial charge on any atom is -0.480 e. The summed E-state index contributed by atoms with van der Waals surface area (Å²) in [5, 5.41) is 9.27. The van der Waals surface area contributed by atoms with Crippen LogP contribution in [0.2, 0.25) is 0 Å². The molecule has 0 saturated heterocycles. The predicted molar refractivity (Wildman–Crippen MR) is 66.8 cm³/mol. The Morgan fingerprint density at radius 1 is 1.44 bits per heavy atom. The smallest absolute Gasteiger partial charge is 0.325 e. The topological polar surface area (TPSA) is 68.2 Å². The molecule has 1 aromatic carbocycles. The molecule has 0 spiro atoms. The lowest BCUT2D eigenvalue weighted by Crippen LogP contribution is -2.20. The zero-order chi connectivity index (χ0) is 13.4. The largest absolute Gasteiger partial charge is 0.480 e. The average Bonchev–Trinajstić information content (AvgIpc) is 2.68. The molecule has 4 nitrogen and oxygen atoms in total. The molecule has 0 aliphatic heterocycles. The van der Waals surface area contributed by atoms with Gasteiger partial charge in [0, 0.05) is 23.2 Å². The number of benzene rings is 1. The number of hydrogen-bond acceptors (Lipinski definition) is 2. The fourth-order valence-corrected chi connectivity index (χ4v) is 2.09. The lowest BCUT2D eigenvalue weighted by molar-refractivity contribution is -0.138. The summed E-state index contributed by atoms with van der Waals surface area (Å²) >= 11 is 0. The van der Waals surface area contributed by atoms with Gasteiger partial charge in [-0.15, -0.1) is 0 Å². The lowest BCUT2D eigenvalue weighted by Gasteiger charge is -2.08. The lowest BCUT2D eigenvalue weighted by atomic mass is 10.1. The number of hydrogen-bond donors (Lipinski definition) is 2. The molecule has 0 radical (unpaired) electrons. The van der Waals surface area contributed by atoms with Gasteiger partial charge in [-0.05, 0) is 26.0 Å². The highest BCUT2D eigenvalue weighted by atomic mass is 19.1. The van der Waals surface area contributed by atoms with Crippen LogP contribution in [-0.2, 0) is 4.79 Å². The predicted octanol–water partition coefficient (Wildman–Crippen LogP) is 2.45. The van der Waals surface area contributed by atoms with Gasteiger partial charge < -0.3 is 15.4 Å². The first-order chi connectivity index (χ1) is 8.43. The zero-order valence-corrected chi connectivity index (χ0v) is 10.2. The molecule has 0 saturated carbocycles. The van der Waals surface area contributed by atoms with E-state index in [2.05, 4.69) is 0 Å². The number of aliphatic carboxylic acids is 1. The van der Waals surface area contributed by atoms with Gasteiger partial charge in [-0.25, -0.2) is 4.39 Å². The van der Waals surface area contributed by atoms with Gasteiger partial charge in [0.2, 0.25) is 0 Å². The molecule has 1 aromatic heterocycles. The van der Waals surface area contributed by atoms with Gasteiger partial charge in [0.15, 0.2) is 0 Å². The average molecular weight is 250 g/mol. The van der Waals surface area contributed by atoms with E-state index in [1.807, 2.05) is 18.4 Å². The Labute approximate surface area is 104 Å². The van der Waals surface area contributed by atoms with Crippen LogP contribution in [0.4, 0.5) is 4.39 Å². The van der Waals surface area contributed by atoms with Gasteiger partial charge in [-0.2, -0.15) is 0 Å². The molecule has 5 heteroatoms. The Morgan fingerprint density at radius 3 is 2.67 bits per heavy atom. The number of rotatable bonds is 3. The van der Waals surface area contributed by atoms with Crippen LogP contribution in [0.1, 0.15) is 31.5 Å². The highest BCUT2D eigenvalue weighted by Gasteiger charge is 2.22. The second-order valence-electron chi connectivity index (χ2n) is 4.54. The van der Waals surface area contributed by atoms with Crippen molar-refractivity contribution in [1.82, 2.24) is 4.57 Å². The number of aromatic nitrogens is 1. The van der Waals surface area contributed by atoms with Crippen LogP contribution >= 0.6 is 0 Å². The standard InChI is InChI=1S/C13H15FN2O2/c1-7(2)16-6-8(12(15)13(17)18)11-9(14)4-3-5-10(11)16/h3-7,12H,15H2,1-2H3,(H,17,18). The van der Waals surface area contributed by atoms with Crippen molar-refractivity contribution in [1.29, 1.82) is 0 Å². The number of carboxylic acid groups (broad SMARTS) is 1. The normalized spacial score (nSPS) is 13.2. The van der Waals surface area contributed by atoms with Gasteiger partial charge >= 0.3 is 5.97 Å². The monoisotopic (exact) mass is 250 g/mol. The van der Waals surface area contributed by atoms with Crippen molar-refractivity contribution in [2.75, 3.05) is 0 Å². The second kappa shape index (κ2) is 4.42. The molecule has 2 aromatic rings. The molecular weight excluding hydrogens is 235 g/mol. The van der Waals surface area contributed by atoms with Crippen LogP contribution in [0.25, 0.3) is 10.9 Å². The summed E-state index contributed by atoms with van der Waals surface area (Å²) in [6.07, 6.45) is 1.62. The van der Waals surface area contributed by atoms with Crippen LogP contribution < -0.4 is 5.73 Å². The van der Waals surface area contributed by atoms with Gasteiger partial charge in [-0.3, -0.25) is 4.79 Å². The molecule has 18 heavy (non-hydrogen) atoms. The van der Waals surface area contributed by atoms with Gasteiger partial charge in [0.25, 0.3) is 0 Å². The van der Waals surface area contributed by atoms with E-state index in [1.54, 1.807) is 18.3 Å². The second-order valence-corrected chi connectivity index (χ2v) is 4.54. The van der Waals surface area contributed by atoms with E-state index < -0.39 is 17.8 Å². The molecule has 0 aliphatic rings. The summed E-state index contributed by atoms with van der Waals surface area (Å²) in [4.78, 5) is 11.0. The SMILES string of the molecule is CC(C)n1cc(C(N)C(=O)O)c2c(F)cccc21. The van der Waals surface area contributed by atoms with Crippen LogP contribution in [0.5, 0.6) is 0 Å². The van der Waals surface area contributed by atoms with Crippen molar-refractivity contribution in [3.05, 3.63) is 35.8 Å². The molecule has 0 bridgehead atoms. The van der Waals surface area contributed by atoms with E-state index in [0.29, 0.717) is 16.5 Å². The van der Waals surface area contributed by atoms with Crippen molar-refractivity contribution < 1.29 is 14.3 Å². The molecule has 1 unspecified atom stereocenters. The van der Waals surface area contributed by atoms with Gasteiger partial charge in [-0.1, -0.05) is 6.07 Å². The minimum absolute atomic E-state index is 0.101. The summed E-state index contributed by atoms with van der Waals surface area (Å²) in [5.41, 5.74) is 6.58. The first kappa shape index (κ1) is 12.6. The molecule has 96 valence electrons. The first-order valence-corrected chi connectivity index (χ1v) is 5.70. The molecule has 2 rings (SSSR count). The highest BCUT2D eigenvalue weighted by Crippen LogP contribution is 2.30. The van der Waals surface area contributed by atoms with E-state index >= 15 is 0 Å². The van der Waals surface area contributed by atoms with E-state index in [-0.39, 0.29) is 6.04 Å². The fourth-order valence-electron chi connectivity index (χ4n) is 2.09. The number of carbonyl (C=O) groups is 1. The van der Waals surface area contributed by atoms with Crippen LogP contribution in [-0.4, -0.2) is 15.6 Å². The number of carboxylic acids is 1. The summed E-state index contributed by atoms with van der Waals surface area (Å²) in [6, 6.07) is 3.56. The van der Waals surface area contributed by atoms with Crippen molar-refractivity contribution in [3.63, 3.8) is 0 Å². The molecule has 1 heterocycles. The Balaban J connectivity index is 2.78. The van der Waals surface area contributed by atoms with E-state index in [9.17, 15) is 9.18 Å². The number of nitrogens with zero attached hydrogens (tertiary/aromatic N) is 1. The third-order valence-corrected chi connectivity index (χ3v) is 2.99. The summed E-state index contributed by atoms with van der Waals surface area (Å²) < 4.78 is 15.7. The highest BCUT2D eigenvalue weighted by molar-refractivity contribution is 5.90. The molecule has 1 atom stereocenters.